The molecule has 3 heteroatoms. The van der Waals surface area contributed by atoms with Crippen LogP contribution in [0.25, 0.3) is 0 Å². The summed E-state index contributed by atoms with van der Waals surface area (Å²) in [5.74, 6) is 1.48. The number of benzene rings is 2. The van der Waals surface area contributed by atoms with Gasteiger partial charge in [-0.2, -0.15) is 0 Å². The number of carbonyl (C=O) groups excluding carboxylic acids is 1. The summed E-state index contributed by atoms with van der Waals surface area (Å²) in [4.78, 5) is 12.3. The maximum absolute atomic E-state index is 12.3. The fourth-order valence-corrected chi connectivity index (χ4v) is 2.72. The fraction of sp³-hybridized carbons (Fsp3) is 0.409. The molecule has 134 valence electrons. The lowest BCUT2D eigenvalue weighted by Crippen LogP contribution is -2.21. The van der Waals surface area contributed by atoms with Crippen LogP contribution in [0, 0.1) is 6.92 Å². The molecule has 0 aliphatic carbocycles. The fourth-order valence-electron chi connectivity index (χ4n) is 2.72. The highest BCUT2D eigenvalue weighted by Gasteiger charge is 2.12. The van der Waals surface area contributed by atoms with Crippen molar-refractivity contribution < 1.29 is 9.53 Å². The Morgan fingerprint density at radius 1 is 1.12 bits per heavy atom. The van der Waals surface area contributed by atoms with Crippen molar-refractivity contribution in [2.75, 3.05) is 11.9 Å². The van der Waals surface area contributed by atoms with Gasteiger partial charge in [0.05, 0.1) is 0 Å². The highest BCUT2D eigenvalue weighted by molar-refractivity contribution is 5.92. The van der Waals surface area contributed by atoms with Crippen LogP contribution in [0.3, 0.4) is 0 Å². The molecule has 25 heavy (non-hydrogen) atoms. The predicted octanol–water partition coefficient (Wildman–Crippen LogP) is 5.65. The Morgan fingerprint density at radius 3 is 2.52 bits per heavy atom. The maximum atomic E-state index is 12.3. The van der Waals surface area contributed by atoms with Gasteiger partial charge in [0.1, 0.15) is 5.75 Å². The molecule has 0 bridgehead atoms. The van der Waals surface area contributed by atoms with E-state index < -0.39 is 0 Å². The van der Waals surface area contributed by atoms with Crippen molar-refractivity contribution in [2.24, 2.45) is 0 Å². The van der Waals surface area contributed by atoms with Crippen molar-refractivity contribution in [3.63, 3.8) is 0 Å². The summed E-state index contributed by atoms with van der Waals surface area (Å²) in [6, 6.07) is 14.1. The predicted molar refractivity (Wildman–Crippen MR) is 105 cm³/mol. The van der Waals surface area contributed by atoms with Crippen molar-refractivity contribution >= 4 is 11.6 Å². The van der Waals surface area contributed by atoms with Gasteiger partial charge < -0.3 is 10.1 Å². The molecule has 0 aliphatic heterocycles. The molecule has 0 radical (unpaired) electrons. The molecular formula is C22H29NO2. The Labute approximate surface area is 151 Å². The second kappa shape index (κ2) is 8.70. The van der Waals surface area contributed by atoms with Crippen LogP contribution in [0.5, 0.6) is 5.75 Å². The molecule has 0 saturated carbocycles. The number of hydrogen-bond donors (Lipinski definition) is 1. The van der Waals surface area contributed by atoms with Crippen molar-refractivity contribution in [1.29, 1.82) is 0 Å². The highest BCUT2D eigenvalue weighted by Crippen LogP contribution is 2.27. The molecular weight excluding hydrogens is 310 g/mol. The Bertz CT molecular complexity index is 722. The van der Waals surface area contributed by atoms with Crippen LogP contribution in [-0.2, 0) is 4.79 Å². The summed E-state index contributed by atoms with van der Waals surface area (Å²) < 4.78 is 5.78. The highest BCUT2D eigenvalue weighted by atomic mass is 16.5. The largest absolute Gasteiger partial charge is 0.483 e. The minimum Gasteiger partial charge on any atom is -0.483 e. The number of rotatable bonds is 7. The number of carbonyl (C=O) groups is 1. The SMILES string of the molecule is CC[C@H](C)c1ccccc1NC(=O)COc1cc(C(C)C)ccc1C. The minimum absolute atomic E-state index is 0.0111. The number of para-hydroxylation sites is 1. The monoisotopic (exact) mass is 339 g/mol. The van der Waals surface area contributed by atoms with Crippen molar-refractivity contribution in [3.8, 4) is 5.75 Å². The molecule has 0 saturated heterocycles. The molecule has 0 fully saturated rings. The smallest absolute Gasteiger partial charge is 0.262 e. The summed E-state index contributed by atoms with van der Waals surface area (Å²) in [7, 11) is 0. The standard InChI is InChI=1S/C22H29NO2/c1-6-16(4)19-9-7-8-10-20(19)23-22(24)14-25-21-13-18(15(2)3)12-11-17(21)5/h7-13,15-16H,6,14H2,1-5H3,(H,23,24)/t16-/m0/s1. The first-order valence-electron chi connectivity index (χ1n) is 9.04. The van der Waals surface area contributed by atoms with E-state index in [9.17, 15) is 4.79 Å². The Balaban J connectivity index is 2.04. The van der Waals surface area contributed by atoms with E-state index in [1.165, 1.54) is 5.56 Å². The zero-order chi connectivity index (χ0) is 18.4. The Hall–Kier alpha value is -2.29. The van der Waals surface area contributed by atoms with Crippen LogP contribution in [0.4, 0.5) is 5.69 Å². The first kappa shape index (κ1) is 19.0. The lowest BCUT2D eigenvalue weighted by molar-refractivity contribution is -0.118. The van der Waals surface area contributed by atoms with Gasteiger partial charge in [0.15, 0.2) is 6.61 Å². The van der Waals surface area contributed by atoms with Gasteiger partial charge in [0.2, 0.25) is 0 Å². The van der Waals surface area contributed by atoms with E-state index in [0.29, 0.717) is 11.8 Å². The van der Waals surface area contributed by atoms with Crippen LogP contribution in [-0.4, -0.2) is 12.5 Å². The number of nitrogens with one attached hydrogen (secondary N) is 1. The van der Waals surface area contributed by atoms with Crippen LogP contribution >= 0.6 is 0 Å². The van der Waals surface area contributed by atoms with Crippen LogP contribution in [0.15, 0.2) is 42.5 Å². The molecule has 2 aromatic rings. The van der Waals surface area contributed by atoms with Gasteiger partial charge in [-0.3, -0.25) is 4.79 Å². The van der Waals surface area contributed by atoms with E-state index in [1.54, 1.807) is 0 Å². The van der Waals surface area contributed by atoms with Gasteiger partial charge in [-0.15, -0.1) is 0 Å². The van der Waals surface area contributed by atoms with Gasteiger partial charge >= 0.3 is 0 Å². The zero-order valence-corrected chi connectivity index (χ0v) is 15.9. The zero-order valence-electron chi connectivity index (χ0n) is 15.9. The van der Waals surface area contributed by atoms with E-state index in [2.05, 4.69) is 45.1 Å². The molecule has 2 aromatic carbocycles. The van der Waals surface area contributed by atoms with Crippen molar-refractivity contribution in [2.45, 2.75) is 52.9 Å². The average molecular weight is 339 g/mol. The minimum atomic E-state index is -0.134. The summed E-state index contributed by atoms with van der Waals surface area (Å²) in [5, 5.41) is 2.99. The summed E-state index contributed by atoms with van der Waals surface area (Å²) in [6.07, 6.45) is 1.03. The van der Waals surface area contributed by atoms with E-state index in [4.69, 9.17) is 4.74 Å². The lowest BCUT2D eigenvalue weighted by atomic mass is 9.97. The van der Waals surface area contributed by atoms with Crippen molar-refractivity contribution in [3.05, 3.63) is 59.2 Å². The third-order valence-electron chi connectivity index (χ3n) is 4.62. The molecule has 0 aromatic heterocycles. The van der Waals surface area contributed by atoms with E-state index in [0.717, 1.165) is 29.0 Å². The van der Waals surface area contributed by atoms with Gasteiger partial charge in [-0.25, -0.2) is 0 Å². The molecule has 1 amide bonds. The van der Waals surface area contributed by atoms with Gasteiger partial charge in [-0.05, 0) is 54.0 Å². The molecule has 2 rings (SSSR count). The normalized spacial score (nSPS) is 12.1. The second-order valence-electron chi connectivity index (χ2n) is 6.91. The molecule has 3 nitrogen and oxygen atoms in total. The lowest BCUT2D eigenvalue weighted by Gasteiger charge is -2.16. The Kier molecular flexibility index (Phi) is 6.63. The quantitative estimate of drug-likeness (QED) is 0.708. The van der Waals surface area contributed by atoms with Gasteiger partial charge in [0, 0.05) is 5.69 Å². The number of hydrogen-bond acceptors (Lipinski definition) is 2. The summed E-state index contributed by atoms with van der Waals surface area (Å²) in [6.45, 7) is 10.6. The first-order valence-corrected chi connectivity index (χ1v) is 9.04. The number of ether oxygens (including phenoxy) is 1. The van der Waals surface area contributed by atoms with Gasteiger partial charge in [0.25, 0.3) is 5.91 Å². The molecule has 0 aliphatic rings. The first-order chi connectivity index (χ1) is 11.9. The Morgan fingerprint density at radius 2 is 1.84 bits per heavy atom. The summed E-state index contributed by atoms with van der Waals surface area (Å²) in [5.41, 5.74) is 4.29. The van der Waals surface area contributed by atoms with E-state index >= 15 is 0 Å². The third kappa shape index (κ3) is 5.09. The molecule has 0 unspecified atom stereocenters. The maximum Gasteiger partial charge on any atom is 0.262 e. The van der Waals surface area contributed by atoms with E-state index in [-0.39, 0.29) is 12.5 Å². The summed E-state index contributed by atoms with van der Waals surface area (Å²) >= 11 is 0. The number of anilines is 1. The third-order valence-corrected chi connectivity index (χ3v) is 4.62. The van der Waals surface area contributed by atoms with Crippen molar-refractivity contribution in [1.82, 2.24) is 0 Å². The number of amides is 1. The number of aryl methyl sites for hydroxylation is 1. The molecule has 0 heterocycles. The van der Waals surface area contributed by atoms with E-state index in [1.807, 2.05) is 37.3 Å². The van der Waals surface area contributed by atoms with Crippen LogP contribution in [0.2, 0.25) is 0 Å². The topological polar surface area (TPSA) is 38.3 Å². The van der Waals surface area contributed by atoms with Gasteiger partial charge in [-0.1, -0.05) is 58.0 Å². The molecule has 0 spiro atoms. The average Bonchev–Trinajstić information content (AvgIpc) is 2.60. The van der Waals surface area contributed by atoms with Crippen LogP contribution < -0.4 is 10.1 Å². The molecule has 1 N–H and O–H groups in total. The van der Waals surface area contributed by atoms with Crippen LogP contribution in [0.1, 0.15) is 62.6 Å². The second-order valence-corrected chi connectivity index (χ2v) is 6.91. The molecule has 1 atom stereocenters.